The fraction of sp³-hybridized carbons (Fsp3) is 0.750. The van der Waals surface area contributed by atoms with Gasteiger partial charge in [0, 0.05) is 6.54 Å². The lowest BCUT2D eigenvalue weighted by atomic mass is 10.1. The molecule has 0 bridgehead atoms. The van der Waals surface area contributed by atoms with E-state index in [0.29, 0.717) is 19.3 Å². The molecule has 1 fully saturated rings. The van der Waals surface area contributed by atoms with Crippen molar-refractivity contribution in [1.82, 2.24) is 9.62 Å². The van der Waals surface area contributed by atoms with Crippen molar-refractivity contribution >= 4 is 22.0 Å². The fourth-order valence-electron chi connectivity index (χ4n) is 1.62. The molecule has 1 saturated heterocycles. The van der Waals surface area contributed by atoms with E-state index in [9.17, 15) is 18.0 Å². The number of carbonyl (C=O) groups is 2. The molecule has 0 aromatic carbocycles. The van der Waals surface area contributed by atoms with Crippen LogP contribution in [0.15, 0.2) is 0 Å². The average Bonchev–Trinajstić information content (AvgIpc) is 2.27. The van der Waals surface area contributed by atoms with Crippen LogP contribution >= 0.6 is 0 Å². The summed E-state index contributed by atoms with van der Waals surface area (Å²) >= 11 is 0. The van der Waals surface area contributed by atoms with Crippen molar-refractivity contribution in [1.29, 1.82) is 0 Å². The third-order valence-electron chi connectivity index (χ3n) is 2.35. The predicted molar refractivity (Wildman–Crippen MR) is 55.4 cm³/mol. The average molecular weight is 250 g/mol. The van der Waals surface area contributed by atoms with Crippen molar-refractivity contribution in [3.63, 3.8) is 0 Å². The molecule has 1 aliphatic heterocycles. The van der Waals surface area contributed by atoms with Gasteiger partial charge in [0.2, 0.25) is 10.0 Å². The van der Waals surface area contributed by atoms with E-state index in [1.54, 1.807) is 0 Å². The van der Waals surface area contributed by atoms with Crippen molar-refractivity contribution in [3.05, 3.63) is 0 Å². The second-order valence-electron chi connectivity index (χ2n) is 3.67. The Labute approximate surface area is 93.5 Å². The van der Waals surface area contributed by atoms with E-state index in [-0.39, 0.29) is 6.54 Å². The van der Waals surface area contributed by atoms with Gasteiger partial charge >= 0.3 is 6.09 Å². The maximum absolute atomic E-state index is 11.7. The standard InChI is InChI=1S/C8H14N2O5S/c1-16(14,15)10-5-3-2-4-6(7(10)11)9-8(12)13/h6,9H,2-5H2,1H3,(H,12,13)/t6-/m1/s1. The van der Waals surface area contributed by atoms with Crippen molar-refractivity contribution < 1.29 is 23.1 Å². The molecule has 0 aromatic rings. The Hall–Kier alpha value is -1.31. The topological polar surface area (TPSA) is 104 Å². The lowest BCUT2D eigenvalue weighted by molar-refractivity contribution is -0.128. The molecule has 0 saturated carbocycles. The first kappa shape index (κ1) is 12.8. The lowest BCUT2D eigenvalue weighted by Crippen LogP contribution is -2.48. The molecule has 1 atom stereocenters. The minimum Gasteiger partial charge on any atom is -0.465 e. The quantitative estimate of drug-likeness (QED) is 0.693. The first-order valence-corrected chi connectivity index (χ1v) is 6.68. The van der Waals surface area contributed by atoms with E-state index in [2.05, 4.69) is 0 Å². The predicted octanol–water partition coefficient (Wildman–Crippen LogP) is -0.405. The van der Waals surface area contributed by atoms with E-state index in [4.69, 9.17) is 5.11 Å². The van der Waals surface area contributed by atoms with Gasteiger partial charge in [-0.1, -0.05) is 0 Å². The van der Waals surface area contributed by atoms with Gasteiger partial charge in [0.05, 0.1) is 6.26 Å². The zero-order chi connectivity index (χ0) is 12.3. The molecule has 0 spiro atoms. The highest BCUT2D eigenvalue weighted by molar-refractivity contribution is 7.88. The number of rotatable bonds is 2. The molecule has 92 valence electrons. The van der Waals surface area contributed by atoms with Crippen LogP contribution in [0.4, 0.5) is 4.79 Å². The summed E-state index contributed by atoms with van der Waals surface area (Å²) < 4.78 is 23.4. The number of amides is 2. The number of carbonyl (C=O) groups excluding carboxylic acids is 1. The summed E-state index contributed by atoms with van der Waals surface area (Å²) in [5.41, 5.74) is 0. The summed E-state index contributed by atoms with van der Waals surface area (Å²) in [6.07, 6.45) is 1.11. The van der Waals surface area contributed by atoms with Gasteiger partial charge < -0.3 is 10.4 Å². The summed E-state index contributed by atoms with van der Waals surface area (Å²) in [6, 6.07) is -0.963. The maximum Gasteiger partial charge on any atom is 0.405 e. The first-order valence-electron chi connectivity index (χ1n) is 4.83. The summed E-state index contributed by atoms with van der Waals surface area (Å²) in [4.78, 5) is 22.2. The van der Waals surface area contributed by atoms with Gasteiger partial charge in [-0.05, 0) is 19.3 Å². The van der Waals surface area contributed by atoms with Gasteiger partial charge in [-0.2, -0.15) is 0 Å². The molecule has 2 N–H and O–H groups in total. The fourth-order valence-corrected chi connectivity index (χ4v) is 2.54. The molecule has 7 nitrogen and oxygen atoms in total. The summed E-state index contributed by atoms with van der Waals surface area (Å²) in [6.45, 7) is 0.121. The van der Waals surface area contributed by atoms with E-state index in [1.807, 2.05) is 5.32 Å². The molecule has 2 amide bonds. The Kier molecular flexibility index (Phi) is 3.74. The molecule has 0 aliphatic carbocycles. The molecule has 1 rings (SSSR count). The Morgan fingerprint density at radius 3 is 2.62 bits per heavy atom. The van der Waals surface area contributed by atoms with Crippen LogP contribution in [0, 0.1) is 0 Å². The van der Waals surface area contributed by atoms with Crippen LogP contribution in [0.1, 0.15) is 19.3 Å². The zero-order valence-electron chi connectivity index (χ0n) is 8.84. The lowest BCUT2D eigenvalue weighted by Gasteiger charge is -2.21. The third kappa shape index (κ3) is 3.09. The van der Waals surface area contributed by atoms with Crippen LogP contribution < -0.4 is 5.32 Å². The number of hydrogen-bond acceptors (Lipinski definition) is 4. The Balaban J connectivity index is 2.89. The molecule has 0 aromatic heterocycles. The number of nitrogens with one attached hydrogen (secondary N) is 1. The Morgan fingerprint density at radius 1 is 1.50 bits per heavy atom. The van der Waals surface area contributed by atoms with Gasteiger partial charge in [-0.25, -0.2) is 17.5 Å². The minimum absolute atomic E-state index is 0.121. The molecule has 0 radical (unpaired) electrons. The maximum atomic E-state index is 11.7. The van der Waals surface area contributed by atoms with Gasteiger partial charge in [-0.15, -0.1) is 0 Å². The van der Waals surface area contributed by atoms with Gasteiger partial charge in [0.15, 0.2) is 0 Å². The third-order valence-corrected chi connectivity index (χ3v) is 3.51. The van der Waals surface area contributed by atoms with E-state index in [0.717, 1.165) is 10.6 Å². The van der Waals surface area contributed by atoms with Crippen LogP contribution in [0.2, 0.25) is 0 Å². The SMILES string of the molecule is CS(=O)(=O)N1CCCC[C@@H](NC(=O)O)C1=O. The van der Waals surface area contributed by atoms with Crippen LogP contribution in [0.3, 0.4) is 0 Å². The molecule has 1 aliphatic rings. The van der Waals surface area contributed by atoms with E-state index < -0.39 is 28.1 Å². The van der Waals surface area contributed by atoms with Crippen molar-refractivity contribution in [2.45, 2.75) is 25.3 Å². The Bertz CT molecular complexity index is 391. The van der Waals surface area contributed by atoms with Crippen LogP contribution in [0.5, 0.6) is 0 Å². The van der Waals surface area contributed by atoms with Crippen molar-refractivity contribution in [2.75, 3.05) is 12.8 Å². The van der Waals surface area contributed by atoms with Gasteiger partial charge in [0.1, 0.15) is 6.04 Å². The summed E-state index contributed by atoms with van der Waals surface area (Å²) in [5, 5.41) is 10.6. The normalized spacial score (nSPS) is 22.7. The monoisotopic (exact) mass is 250 g/mol. The zero-order valence-corrected chi connectivity index (χ0v) is 9.66. The highest BCUT2D eigenvalue weighted by atomic mass is 32.2. The molecule has 8 heteroatoms. The second kappa shape index (κ2) is 4.69. The van der Waals surface area contributed by atoms with Crippen molar-refractivity contribution in [3.8, 4) is 0 Å². The molecule has 1 heterocycles. The number of hydrogen-bond donors (Lipinski definition) is 2. The number of sulfonamides is 1. The van der Waals surface area contributed by atoms with Crippen LogP contribution in [-0.2, 0) is 14.8 Å². The second-order valence-corrected chi connectivity index (χ2v) is 5.58. The molecule has 16 heavy (non-hydrogen) atoms. The van der Waals surface area contributed by atoms with Crippen LogP contribution in [0.25, 0.3) is 0 Å². The highest BCUT2D eigenvalue weighted by Gasteiger charge is 2.32. The Morgan fingerprint density at radius 2 is 2.12 bits per heavy atom. The van der Waals surface area contributed by atoms with Gasteiger partial charge in [0.25, 0.3) is 5.91 Å². The number of nitrogens with zero attached hydrogens (tertiary/aromatic N) is 1. The number of carboxylic acid groups (broad SMARTS) is 1. The largest absolute Gasteiger partial charge is 0.465 e. The smallest absolute Gasteiger partial charge is 0.405 e. The first-order chi connectivity index (χ1) is 7.32. The van der Waals surface area contributed by atoms with Crippen LogP contribution in [-0.4, -0.2) is 48.7 Å². The minimum atomic E-state index is -3.62. The molecule has 0 unspecified atom stereocenters. The van der Waals surface area contributed by atoms with E-state index >= 15 is 0 Å². The van der Waals surface area contributed by atoms with Crippen molar-refractivity contribution in [2.24, 2.45) is 0 Å². The van der Waals surface area contributed by atoms with E-state index in [1.165, 1.54) is 0 Å². The highest BCUT2D eigenvalue weighted by Crippen LogP contribution is 2.14. The summed E-state index contributed by atoms with van der Waals surface area (Å²) in [7, 11) is -3.62. The molecular weight excluding hydrogens is 236 g/mol. The molecular formula is C8H14N2O5S. The summed E-state index contributed by atoms with van der Waals surface area (Å²) in [5.74, 6) is -0.692. The van der Waals surface area contributed by atoms with Gasteiger partial charge in [-0.3, -0.25) is 4.79 Å².